The summed E-state index contributed by atoms with van der Waals surface area (Å²) in [5.41, 5.74) is 0. The molecule has 1 aliphatic carbocycles. The predicted molar refractivity (Wildman–Crippen MR) is 80.7 cm³/mol. The van der Waals surface area contributed by atoms with Crippen LogP contribution in [0.2, 0.25) is 0 Å². The van der Waals surface area contributed by atoms with E-state index in [1.54, 1.807) is 0 Å². The molecule has 132 valence electrons. The van der Waals surface area contributed by atoms with Crippen LogP contribution in [0, 0.1) is 5.92 Å². The van der Waals surface area contributed by atoms with E-state index in [0.717, 1.165) is 32.1 Å². The lowest BCUT2D eigenvalue weighted by Gasteiger charge is -2.22. The maximum atomic E-state index is 13.4. The van der Waals surface area contributed by atoms with Crippen LogP contribution in [0.15, 0.2) is 0 Å². The van der Waals surface area contributed by atoms with Gasteiger partial charge in [-0.3, -0.25) is 10.1 Å². The highest BCUT2D eigenvalue weighted by atomic mass is 31.1. The number of alkyl halides is 1. The van der Waals surface area contributed by atoms with E-state index in [0.29, 0.717) is 0 Å². The molecule has 0 aromatic heterocycles. The van der Waals surface area contributed by atoms with E-state index in [-0.39, 0.29) is 24.9 Å². The van der Waals surface area contributed by atoms with Gasteiger partial charge in [-0.1, -0.05) is 19.3 Å². The Morgan fingerprint density at radius 1 is 1.26 bits per heavy atom. The molecule has 1 fully saturated rings. The van der Waals surface area contributed by atoms with E-state index in [2.05, 4.69) is 0 Å². The SMILES string of the molecule is CC(OC(=O)NC(F)CCO[P+](C)=O)OC(=O)C1CCCCC1. The summed E-state index contributed by atoms with van der Waals surface area (Å²) in [7, 11) is -1.80. The van der Waals surface area contributed by atoms with Gasteiger partial charge in [-0.05, 0) is 17.4 Å². The van der Waals surface area contributed by atoms with Crippen molar-refractivity contribution in [2.45, 2.75) is 58.0 Å². The molecule has 1 saturated carbocycles. The van der Waals surface area contributed by atoms with Crippen molar-refractivity contribution in [3.05, 3.63) is 0 Å². The van der Waals surface area contributed by atoms with Crippen LogP contribution < -0.4 is 5.32 Å². The molecular formula is C14H24FNO6P+. The number of halogens is 1. The van der Waals surface area contributed by atoms with Crippen LogP contribution in [-0.2, 0) is 23.4 Å². The van der Waals surface area contributed by atoms with E-state index in [1.165, 1.54) is 13.6 Å². The van der Waals surface area contributed by atoms with E-state index in [1.807, 2.05) is 5.32 Å². The van der Waals surface area contributed by atoms with Crippen LogP contribution in [0.1, 0.15) is 45.4 Å². The third-order valence-electron chi connectivity index (χ3n) is 3.41. The summed E-state index contributed by atoms with van der Waals surface area (Å²) >= 11 is 0. The van der Waals surface area contributed by atoms with Crippen LogP contribution in [0.25, 0.3) is 0 Å². The smallest absolute Gasteiger partial charge is 0.425 e. The summed E-state index contributed by atoms with van der Waals surface area (Å²) in [4.78, 5) is 23.3. The Morgan fingerprint density at radius 3 is 2.52 bits per heavy atom. The fourth-order valence-corrected chi connectivity index (χ4v) is 2.65. The highest BCUT2D eigenvalue weighted by molar-refractivity contribution is 7.38. The van der Waals surface area contributed by atoms with Gasteiger partial charge >= 0.3 is 20.1 Å². The van der Waals surface area contributed by atoms with Crippen LogP contribution >= 0.6 is 8.03 Å². The van der Waals surface area contributed by atoms with Crippen molar-refractivity contribution in [2.75, 3.05) is 13.3 Å². The maximum Gasteiger partial charge on any atom is 0.504 e. The summed E-state index contributed by atoms with van der Waals surface area (Å²) in [5, 5.41) is 1.94. The van der Waals surface area contributed by atoms with Crippen molar-refractivity contribution in [1.29, 1.82) is 0 Å². The lowest BCUT2D eigenvalue weighted by Crippen LogP contribution is -2.36. The summed E-state index contributed by atoms with van der Waals surface area (Å²) in [6.07, 6.45) is 0.703. The van der Waals surface area contributed by atoms with Gasteiger partial charge in [0.2, 0.25) is 6.29 Å². The second-order valence-corrected chi connectivity index (χ2v) is 6.56. The number of carbonyl (C=O) groups is 2. The van der Waals surface area contributed by atoms with Gasteiger partial charge in [0.05, 0.1) is 5.92 Å². The first-order chi connectivity index (χ1) is 10.9. The van der Waals surface area contributed by atoms with E-state index >= 15 is 0 Å². The Bertz CT molecular complexity index is 416. The molecular weight excluding hydrogens is 328 g/mol. The van der Waals surface area contributed by atoms with Crippen molar-refractivity contribution < 1.29 is 32.5 Å². The topological polar surface area (TPSA) is 90.9 Å². The standard InChI is InChI=1S/C14H23FNO6P/c1-10(21-13(17)11-6-4-3-5-7-11)22-14(18)16-12(15)8-9-20-23(2)19/h10-12H,3-9H2,1-2H3/p+1. The van der Waals surface area contributed by atoms with E-state index in [4.69, 9.17) is 14.0 Å². The molecule has 9 heteroatoms. The van der Waals surface area contributed by atoms with Crippen LogP contribution in [0.4, 0.5) is 9.18 Å². The number of hydrogen-bond acceptors (Lipinski definition) is 6. The largest absolute Gasteiger partial charge is 0.504 e. The van der Waals surface area contributed by atoms with Gasteiger partial charge in [-0.25, -0.2) is 9.18 Å². The Kier molecular flexibility index (Phi) is 9.02. The van der Waals surface area contributed by atoms with Crippen molar-refractivity contribution in [1.82, 2.24) is 5.32 Å². The fourth-order valence-electron chi connectivity index (χ4n) is 2.29. The second kappa shape index (κ2) is 10.5. The number of hydrogen-bond donors (Lipinski definition) is 1. The Labute approximate surface area is 136 Å². The minimum absolute atomic E-state index is 0.0840. The minimum atomic E-state index is -1.80. The predicted octanol–water partition coefficient (Wildman–Crippen LogP) is 3.26. The first kappa shape index (κ1) is 19.8. The molecule has 0 spiro atoms. The number of rotatable bonds is 8. The molecule has 3 unspecified atom stereocenters. The second-order valence-electron chi connectivity index (χ2n) is 5.42. The van der Waals surface area contributed by atoms with Gasteiger partial charge in [0.25, 0.3) is 0 Å². The first-order valence-corrected chi connectivity index (χ1v) is 9.36. The Morgan fingerprint density at radius 2 is 1.91 bits per heavy atom. The molecule has 0 saturated heterocycles. The number of esters is 1. The molecule has 1 amide bonds. The Balaban J connectivity index is 2.21. The average molecular weight is 352 g/mol. The number of carbonyl (C=O) groups excluding carboxylic acids is 2. The van der Waals surface area contributed by atoms with Crippen LogP contribution in [-0.4, -0.2) is 37.9 Å². The van der Waals surface area contributed by atoms with E-state index < -0.39 is 26.7 Å². The molecule has 23 heavy (non-hydrogen) atoms. The zero-order valence-corrected chi connectivity index (χ0v) is 14.4. The molecule has 0 aromatic carbocycles. The zero-order valence-electron chi connectivity index (χ0n) is 13.5. The molecule has 0 radical (unpaired) electrons. The number of amides is 1. The van der Waals surface area contributed by atoms with Crippen molar-refractivity contribution >= 4 is 20.1 Å². The maximum absolute atomic E-state index is 13.4. The summed E-state index contributed by atoms with van der Waals surface area (Å²) in [6.45, 7) is 2.67. The van der Waals surface area contributed by atoms with Crippen molar-refractivity contribution in [2.24, 2.45) is 5.92 Å². The fraction of sp³-hybridized carbons (Fsp3) is 0.857. The number of nitrogens with one attached hydrogen (secondary N) is 1. The van der Waals surface area contributed by atoms with Crippen LogP contribution in [0.3, 0.4) is 0 Å². The highest BCUT2D eigenvalue weighted by Gasteiger charge is 2.25. The van der Waals surface area contributed by atoms with Crippen molar-refractivity contribution in [3.8, 4) is 0 Å². The molecule has 7 nitrogen and oxygen atoms in total. The Hall–Kier alpha value is -1.27. The van der Waals surface area contributed by atoms with Crippen molar-refractivity contribution in [3.63, 3.8) is 0 Å². The van der Waals surface area contributed by atoms with Gasteiger partial charge in [0.1, 0.15) is 6.61 Å². The molecule has 0 aromatic rings. The van der Waals surface area contributed by atoms with E-state index in [9.17, 15) is 18.5 Å². The molecule has 1 N–H and O–H groups in total. The van der Waals surface area contributed by atoms with Gasteiger partial charge in [-0.15, -0.1) is 4.52 Å². The number of ether oxygens (including phenoxy) is 2. The molecule has 0 heterocycles. The van der Waals surface area contributed by atoms with Crippen LogP contribution in [0.5, 0.6) is 0 Å². The number of alkyl carbamates (subject to hydrolysis) is 1. The molecule has 0 bridgehead atoms. The van der Waals surface area contributed by atoms with Gasteiger partial charge in [0.15, 0.2) is 13.0 Å². The lowest BCUT2D eigenvalue weighted by molar-refractivity contribution is -0.171. The summed E-state index contributed by atoms with van der Waals surface area (Å²) in [6, 6.07) is 0. The third-order valence-corrected chi connectivity index (χ3v) is 3.96. The molecule has 3 atom stereocenters. The summed E-state index contributed by atoms with van der Waals surface area (Å²) in [5.74, 6) is -0.540. The van der Waals surface area contributed by atoms with Gasteiger partial charge < -0.3 is 9.47 Å². The third kappa shape index (κ3) is 8.81. The lowest BCUT2D eigenvalue weighted by atomic mass is 9.89. The first-order valence-electron chi connectivity index (χ1n) is 7.74. The van der Waals surface area contributed by atoms with Gasteiger partial charge in [0, 0.05) is 13.3 Å². The summed E-state index contributed by atoms with van der Waals surface area (Å²) < 4.78 is 38.6. The minimum Gasteiger partial charge on any atom is -0.425 e. The molecule has 1 rings (SSSR count). The quantitative estimate of drug-likeness (QED) is 0.312. The van der Waals surface area contributed by atoms with Gasteiger partial charge in [-0.2, -0.15) is 0 Å². The monoisotopic (exact) mass is 352 g/mol. The normalized spacial score (nSPS) is 18.7. The highest BCUT2D eigenvalue weighted by Crippen LogP contribution is 2.25. The molecule has 1 aliphatic rings. The average Bonchev–Trinajstić information content (AvgIpc) is 2.47. The zero-order chi connectivity index (χ0) is 17.2. The molecule has 0 aliphatic heterocycles.